The molecule has 3 aromatic heterocycles. The van der Waals surface area contributed by atoms with Crippen LogP contribution in [0.15, 0.2) is 34.1 Å². The van der Waals surface area contributed by atoms with E-state index in [1.165, 1.54) is 8.97 Å². The highest BCUT2D eigenvalue weighted by Gasteiger charge is 2.35. The smallest absolute Gasteiger partial charge is 0.351 e. The van der Waals surface area contributed by atoms with Crippen molar-refractivity contribution in [2.45, 2.75) is 24.9 Å². The maximum Gasteiger partial charge on any atom is 0.351 e. The topological polar surface area (TPSA) is 122 Å². The van der Waals surface area contributed by atoms with Gasteiger partial charge in [-0.05, 0) is 12.1 Å². The molecule has 0 unspecified atom stereocenters. The summed E-state index contributed by atoms with van der Waals surface area (Å²) in [6.07, 6.45) is 1.05. The van der Waals surface area contributed by atoms with Crippen LogP contribution >= 0.6 is 0 Å². The molecule has 3 atom stereocenters. The molecule has 0 aromatic carbocycles. The second-order valence-electron chi connectivity index (χ2n) is 5.50. The molecule has 1 saturated heterocycles. The molecule has 0 amide bonds. The first-order valence-electron chi connectivity index (χ1n) is 7.15. The van der Waals surface area contributed by atoms with Crippen molar-refractivity contribution in [3.63, 3.8) is 0 Å². The largest absolute Gasteiger partial charge is 0.394 e. The molecular weight excluding hydrogens is 304 g/mol. The SMILES string of the molecule is O=c1nc2[nH]c(=O)n3cccc3c2cn1[C@H]1C[C@H](O)[C@@H](CO)O1. The summed E-state index contributed by atoms with van der Waals surface area (Å²) in [5, 5.41) is 19.6. The first-order valence-corrected chi connectivity index (χ1v) is 7.15. The van der Waals surface area contributed by atoms with Gasteiger partial charge in [0.15, 0.2) is 5.65 Å². The fourth-order valence-corrected chi connectivity index (χ4v) is 2.95. The van der Waals surface area contributed by atoms with Gasteiger partial charge in [0.1, 0.15) is 12.3 Å². The lowest BCUT2D eigenvalue weighted by molar-refractivity contribution is -0.0457. The van der Waals surface area contributed by atoms with Crippen LogP contribution in [-0.4, -0.2) is 48.0 Å². The first kappa shape index (κ1) is 14.1. The Labute approximate surface area is 128 Å². The zero-order chi connectivity index (χ0) is 16.1. The fraction of sp³-hybridized carbons (Fsp3) is 0.357. The van der Waals surface area contributed by atoms with Crippen molar-refractivity contribution in [3.05, 3.63) is 45.5 Å². The molecule has 3 N–H and O–H groups in total. The molecule has 4 heterocycles. The lowest BCUT2D eigenvalue weighted by Crippen LogP contribution is -2.29. The number of fused-ring (bicyclic) bond motifs is 3. The first-order chi connectivity index (χ1) is 11.1. The van der Waals surface area contributed by atoms with Crippen LogP contribution in [-0.2, 0) is 4.74 Å². The number of rotatable bonds is 2. The summed E-state index contributed by atoms with van der Waals surface area (Å²) >= 11 is 0. The Balaban J connectivity index is 1.92. The highest BCUT2D eigenvalue weighted by atomic mass is 16.5. The van der Waals surface area contributed by atoms with E-state index >= 15 is 0 Å². The van der Waals surface area contributed by atoms with E-state index in [1.54, 1.807) is 24.5 Å². The van der Waals surface area contributed by atoms with E-state index in [4.69, 9.17) is 9.84 Å². The van der Waals surface area contributed by atoms with Crippen LogP contribution < -0.4 is 11.4 Å². The second kappa shape index (κ2) is 5.01. The summed E-state index contributed by atoms with van der Waals surface area (Å²) < 4.78 is 8.19. The van der Waals surface area contributed by atoms with E-state index in [9.17, 15) is 14.7 Å². The van der Waals surface area contributed by atoms with Gasteiger partial charge in [0, 0.05) is 18.8 Å². The van der Waals surface area contributed by atoms with E-state index in [2.05, 4.69) is 9.97 Å². The van der Waals surface area contributed by atoms with Crippen molar-refractivity contribution >= 4 is 16.6 Å². The van der Waals surface area contributed by atoms with Crippen molar-refractivity contribution in [1.82, 2.24) is 18.9 Å². The summed E-state index contributed by atoms with van der Waals surface area (Å²) in [7, 11) is 0. The molecule has 23 heavy (non-hydrogen) atoms. The van der Waals surface area contributed by atoms with Crippen LogP contribution in [0.4, 0.5) is 0 Å². The number of nitrogens with one attached hydrogen (secondary N) is 1. The van der Waals surface area contributed by atoms with E-state index < -0.39 is 24.1 Å². The molecule has 0 saturated carbocycles. The zero-order valence-electron chi connectivity index (χ0n) is 11.9. The second-order valence-corrected chi connectivity index (χ2v) is 5.50. The number of aliphatic hydroxyl groups excluding tert-OH is 2. The Morgan fingerprint density at radius 2 is 2.26 bits per heavy atom. The maximum atomic E-state index is 12.2. The van der Waals surface area contributed by atoms with Gasteiger partial charge in [-0.25, -0.2) is 9.59 Å². The Morgan fingerprint density at radius 1 is 1.43 bits per heavy atom. The van der Waals surface area contributed by atoms with Crippen LogP contribution in [0.1, 0.15) is 12.6 Å². The molecule has 0 spiro atoms. The van der Waals surface area contributed by atoms with Crippen molar-refractivity contribution in [1.29, 1.82) is 0 Å². The van der Waals surface area contributed by atoms with Gasteiger partial charge >= 0.3 is 11.4 Å². The van der Waals surface area contributed by atoms with Crippen LogP contribution in [0.25, 0.3) is 16.6 Å². The van der Waals surface area contributed by atoms with Gasteiger partial charge in [0.2, 0.25) is 0 Å². The summed E-state index contributed by atoms with van der Waals surface area (Å²) in [5.41, 5.74) is -0.170. The van der Waals surface area contributed by atoms with E-state index in [-0.39, 0.29) is 24.4 Å². The van der Waals surface area contributed by atoms with Gasteiger partial charge in [-0.3, -0.25) is 14.0 Å². The van der Waals surface area contributed by atoms with Crippen molar-refractivity contribution in [2.75, 3.05) is 6.61 Å². The Hall–Kier alpha value is -2.49. The number of H-pyrrole nitrogens is 1. The quantitative estimate of drug-likeness (QED) is 0.556. The zero-order valence-corrected chi connectivity index (χ0v) is 11.9. The van der Waals surface area contributed by atoms with Crippen molar-refractivity contribution in [2.24, 2.45) is 0 Å². The van der Waals surface area contributed by atoms with Gasteiger partial charge in [-0.2, -0.15) is 4.98 Å². The number of hydrogen-bond acceptors (Lipinski definition) is 6. The lowest BCUT2D eigenvalue weighted by atomic mass is 10.2. The molecule has 1 aliphatic heterocycles. The molecule has 9 nitrogen and oxygen atoms in total. The minimum atomic E-state index is -0.850. The van der Waals surface area contributed by atoms with Gasteiger partial charge in [-0.1, -0.05) is 0 Å². The fourth-order valence-electron chi connectivity index (χ4n) is 2.95. The summed E-state index contributed by atoms with van der Waals surface area (Å²) in [4.78, 5) is 30.6. The molecule has 0 radical (unpaired) electrons. The minimum Gasteiger partial charge on any atom is -0.394 e. The van der Waals surface area contributed by atoms with Gasteiger partial charge in [-0.15, -0.1) is 0 Å². The highest BCUT2D eigenvalue weighted by Crippen LogP contribution is 2.28. The summed E-state index contributed by atoms with van der Waals surface area (Å²) in [6, 6.07) is 3.46. The number of hydrogen-bond donors (Lipinski definition) is 3. The van der Waals surface area contributed by atoms with Crippen molar-refractivity contribution in [3.8, 4) is 0 Å². The number of aromatic amines is 1. The van der Waals surface area contributed by atoms with E-state index in [0.29, 0.717) is 10.9 Å². The predicted molar refractivity (Wildman–Crippen MR) is 79.2 cm³/mol. The number of aromatic nitrogens is 4. The van der Waals surface area contributed by atoms with E-state index in [0.717, 1.165) is 0 Å². The molecule has 4 rings (SSSR count). The normalized spacial score (nSPS) is 24.7. The number of nitrogens with zero attached hydrogens (tertiary/aromatic N) is 3. The third-order valence-corrected chi connectivity index (χ3v) is 4.11. The predicted octanol–water partition coefficient (Wildman–Crippen LogP) is -1.02. The van der Waals surface area contributed by atoms with Gasteiger partial charge in [0.25, 0.3) is 0 Å². The Kier molecular flexibility index (Phi) is 3.08. The van der Waals surface area contributed by atoms with Crippen LogP contribution in [0.3, 0.4) is 0 Å². The molecule has 0 aliphatic carbocycles. The highest BCUT2D eigenvalue weighted by molar-refractivity contribution is 5.90. The third kappa shape index (κ3) is 2.09. The minimum absolute atomic E-state index is 0.180. The van der Waals surface area contributed by atoms with Crippen LogP contribution in [0, 0.1) is 0 Å². The number of aliphatic hydroxyl groups is 2. The number of ether oxygens (including phenoxy) is 1. The average molecular weight is 318 g/mol. The van der Waals surface area contributed by atoms with Crippen LogP contribution in [0.5, 0.6) is 0 Å². The summed E-state index contributed by atoms with van der Waals surface area (Å²) in [6.45, 7) is -0.330. The van der Waals surface area contributed by atoms with Gasteiger partial charge in [0.05, 0.1) is 23.6 Å². The standard InChI is InChI=1S/C14H14N4O5/c19-6-10-9(20)4-11(23-10)18-5-7-8-2-1-3-17(8)13(21)15-12(7)16-14(18)22/h1-3,5,9-11,19-20H,4,6H2,(H,15,16,21,22)/t9-,10+,11+/m0/s1. The average Bonchev–Trinajstić information content (AvgIpc) is 3.14. The lowest BCUT2D eigenvalue weighted by Gasteiger charge is -2.15. The molecule has 120 valence electrons. The molecule has 1 aliphatic rings. The third-order valence-electron chi connectivity index (χ3n) is 4.11. The van der Waals surface area contributed by atoms with Gasteiger partial charge < -0.3 is 14.9 Å². The molecule has 0 bridgehead atoms. The molecule has 1 fully saturated rings. The van der Waals surface area contributed by atoms with Crippen molar-refractivity contribution < 1.29 is 14.9 Å². The molecular formula is C14H14N4O5. The van der Waals surface area contributed by atoms with Crippen LogP contribution in [0.2, 0.25) is 0 Å². The molecule has 3 aromatic rings. The monoisotopic (exact) mass is 318 g/mol. The maximum absolute atomic E-state index is 12.2. The molecule has 9 heteroatoms. The van der Waals surface area contributed by atoms with E-state index in [1.807, 2.05) is 0 Å². The summed E-state index contributed by atoms with van der Waals surface area (Å²) in [5.74, 6) is 0. The Bertz CT molecular complexity index is 1000. The Morgan fingerprint density at radius 3 is 3.00 bits per heavy atom.